The number of carbonyl (C=O) groups is 2. The summed E-state index contributed by atoms with van der Waals surface area (Å²) in [5, 5.41) is 9.73. The van der Waals surface area contributed by atoms with Gasteiger partial charge in [-0.3, -0.25) is 14.4 Å². The monoisotopic (exact) mass is 345 g/mol. The molecule has 0 spiro atoms. The van der Waals surface area contributed by atoms with Crippen molar-refractivity contribution in [2.24, 2.45) is 0 Å². The Morgan fingerprint density at radius 3 is 2.83 bits per heavy atom. The van der Waals surface area contributed by atoms with Gasteiger partial charge >= 0.3 is 0 Å². The number of piperidine rings is 1. The molecule has 3 N–H and O–H groups in total. The maximum absolute atomic E-state index is 12.6. The lowest BCUT2D eigenvalue weighted by molar-refractivity contribution is -0.123. The summed E-state index contributed by atoms with van der Waals surface area (Å²) in [6, 6.07) is 3.02. The number of rotatable bonds is 3. The predicted molar refractivity (Wildman–Crippen MR) is 92.2 cm³/mol. The molecule has 2 amide bonds. The zero-order valence-electron chi connectivity index (χ0n) is 13.5. The average Bonchev–Trinajstić information content (AvgIpc) is 3.06. The average molecular weight is 345 g/mol. The summed E-state index contributed by atoms with van der Waals surface area (Å²) >= 11 is 1.54. The van der Waals surface area contributed by atoms with Crippen LogP contribution in [0.2, 0.25) is 0 Å². The van der Waals surface area contributed by atoms with E-state index in [1.807, 2.05) is 23.8 Å². The lowest BCUT2D eigenvalue weighted by atomic mass is 9.93. The quantitative estimate of drug-likeness (QED) is 0.792. The SMILES string of the molecule is Cc1cc(C(=O)N[C@@H]2CCC(=O)N[C@H]2c2ccsc2)c(=O)[nH]c1C. The number of carbonyl (C=O) groups excluding carboxylic acids is 2. The van der Waals surface area contributed by atoms with Crippen LogP contribution in [0.3, 0.4) is 0 Å². The number of pyridine rings is 1. The second-order valence-corrected chi connectivity index (χ2v) is 6.82. The Balaban J connectivity index is 1.83. The number of nitrogens with one attached hydrogen (secondary N) is 3. The maximum atomic E-state index is 12.6. The number of hydrogen-bond donors (Lipinski definition) is 3. The highest BCUT2D eigenvalue weighted by Crippen LogP contribution is 2.26. The molecule has 24 heavy (non-hydrogen) atoms. The molecule has 0 radical (unpaired) electrons. The van der Waals surface area contributed by atoms with E-state index in [9.17, 15) is 14.4 Å². The molecule has 3 heterocycles. The van der Waals surface area contributed by atoms with E-state index in [4.69, 9.17) is 0 Å². The standard InChI is InChI=1S/C17H19N3O3S/c1-9-7-12(16(22)18-10(9)2)17(23)19-13-3-4-14(21)20-15(13)11-5-6-24-8-11/h5-8,13,15H,3-4H2,1-2H3,(H,18,22)(H,19,23)(H,20,21)/t13-,15+/m1/s1. The van der Waals surface area contributed by atoms with Crippen molar-refractivity contribution in [1.82, 2.24) is 15.6 Å². The minimum Gasteiger partial charge on any atom is -0.347 e. The molecule has 2 aromatic rings. The zero-order valence-corrected chi connectivity index (χ0v) is 14.3. The van der Waals surface area contributed by atoms with Crippen LogP contribution in [0, 0.1) is 13.8 Å². The van der Waals surface area contributed by atoms with Gasteiger partial charge in [-0.2, -0.15) is 11.3 Å². The first kappa shape index (κ1) is 16.4. The van der Waals surface area contributed by atoms with Crippen LogP contribution in [0.15, 0.2) is 27.7 Å². The third-order valence-corrected chi connectivity index (χ3v) is 5.06. The molecule has 1 fully saturated rings. The largest absolute Gasteiger partial charge is 0.347 e. The van der Waals surface area contributed by atoms with Crippen molar-refractivity contribution in [3.63, 3.8) is 0 Å². The van der Waals surface area contributed by atoms with Gasteiger partial charge in [-0.05, 0) is 54.3 Å². The first-order valence-corrected chi connectivity index (χ1v) is 8.73. The number of hydrogen-bond acceptors (Lipinski definition) is 4. The summed E-state index contributed by atoms with van der Waals surface area (Å²) in [6.07, 6.45) is 0.899. The second-order valence-electron chi connectivity index (χ2n) is 6.04. The molecule has 126 valence electrons. The minimum absolute atomic E-state index is 0.0271. The van der Waals surface area contributed by atoms with E-state index < -0.39 is 11.5 Å². The third-order valence-electron chi connectivity index (χ3n) is 4.36. The lowest BCUT2D eigenvalue weighted by Gasteiger charge is -2.32. The van der Waals surface area contributed by atoms with Gasteiger partial charge in [0.15, 0.2) is 0 Å². The Bertz CT molecular complexity index is 826. The predicted octanol–water partition coefficient (Wildman–Crippen LogP) is 1.80. The summed E-state index contributed by atoms with van der Waals surface area (Å²) < 4.78 is 0. The Hall–Kier alpha value is -2.41. The summed E-state index contributed by atoms with van der Waals surface area (Å²) in [6.45, 7) is 3.64. The van der Waals surface area contributed by atoms with Crippen molar-refractivity contribution in [3.05, 3.63) is 55.6 Å². The molecule has 1 aliphatic rings. The topological polar surface area (TPSA) is 91.1 Å². The second kappa shape index (κ2) is 6.60. The van der Waals surface area contributed by atoms with Crippen molar-refractivity contribution >= 4 is 23.2 Å². The van der Waals surface area contributed by atoms with Crippen LogP contribution in [0.25, 0.3) is 0 Å². The number of H-pyrrole nitrogens is 1. The molecule has 3 rings (SSSR count). The van der Waals surface area contributed by atoms with Gasteiger partial charge in [-0.1, -0.05) is 0 Å². The lowest BCUT2D eigenvalue weighted by Crippen LogP contribution is -2.50. The Labute approximate surface area is 143 Å². The third kappa shape index (κ3) is 3.26. The van der Waals surface area contributed by atoms with Gasteiger partial charge in [0.1, 0.15) is 5.56 Å². The Kier molecular flexibility index (Phi) is 4.53. The number of aryl methyl sites for hydroxylation is 2. The van der Waals surface area contributed by atoms with Crippen LogP contribution in [0.4, 0.5) is 0 Å². The number of aromatic nitrogens is 1. The Morgan fingerprint density at radius 1 is 1.33 bits per heavy atom. The fraction of sp³-hybridized carbons (Fsp3) is 0.353. The van der Waals surface area contributed by atoms with E-state index in [1.165, 1.54) is 11.3 Å². The molecule has 1 aliphatic heterocycles. The van der Waals surface area contributed by atoms with E-state index in [-0.39, 0.29) is 23.6 Å². The normalized spacial score (nSPS) is 20.5. The fourth-order valence-corrected chi connectivity index (χ4v) is 3.56. The highest BCUT2D eigenvalue weighted by molar-refractivity contribution is 7.08. The van der Waals surface area contributed by atoms with E-state index in [0.717, 1.165) is 16.8 Å². The number of aromatic amines is 1. The van der Waals surface area contributed by atoms with Gasteiger partial charge in [0.05, 0.1) is 12.1 Å². The van der Waals surface area contributed by atoms with Gasteiger partial charge in [-0.15, -0.1) is 0 Å². The number of amides is 2. The zero-order chi connectivity index (χ0) is 17.3. The number of thiophene rings is 1. The summed E-state index contributed by atoms with van der Waals surface area (Å²) in [7, 11) is 0. The van der Waals surface area contributed by atoms with Gasteiger partial charge < -0.3 is 15.6 Å². The molecule has 0 saturated carbocycles. The van der Waals surface area contributed by atoms with Crippen LogP contribution in [-0.2, 0) is 4.79 Å². The van der Waals surface area contributed by atoms with Gasteiger partial charge in [-0.25, -0.2) is 0 Å². The minimum atomic E-state index is -0.416. The molecule has 2 aromatic heterocycles. The highest BCUT2D eigenvalue weighted by Gasteiger charge is 2.31. The van der Waals surface area contributed by atoms with E-state index in [1.54, 1.807) is 13.0 Å². The van der Waals surface area contributed by atoms with Crippen molar-refractivity contribution < 1.29 is 9.59 Å². The summed E-state index contributed by atoms with van der Waals surface area (Å²) in [4.78, 5) is 39.0. The molecule has 0 aliphatic carbocycles. The van der Waals surface area contributed by atoms with Crippen LogP contribution in [0.5, 0.6) is 0 Å². The van der Waals surface area contributed by atoms with Crippen molar-refractivity contribution in [2.45, 2.75) is 38.8 Å². The summed E-state index contributed by atoms with van der Waals surface area (Å²) in [5.74, 6) is -0.443. The first-order chi connectivity index (χ1) is 11.5. The molecule has 6 nitrogen and oxygen atoms in total. The van der Waals surface area contributed by atoms with Crippen LogP contribution >= 0.6 is 11.3 Å². The van der Waals surface area contributed by atoms with Gasteiger partial charge in [0.25, 0.3) is 11.5 Å². The highest BCUT2D eigenvalue weighted by atomic mass is 32.1. The van der Waals surface area contributed by atoms with E-state index in [2.05, 4.69) is 15.6 Å². The van der Waals surface area contributed by atoms with Crippen LogP contribution in [0.1, 0.15) is 46.1 Å². The van der Waals surface area contributed by atoms with Crippen molar-refractivity contribution in [1.29, 1.82) is 0 Å². The van der Waals surface area contributed by atoms with Crippen molar-refractivity contribution in [3.8, 4) is 0 Å². The molecule has 2 atom stereocenters. The van der Waals surface area contributed by atoms with Crippen molar-refractivity contribution in [2.75, 3.05) is 0 Å². The van der Waals surface area contributed by atoms with E-state index >= 15 is 0 Å². The molecule has 0 unspecified atom stereocenters. The van der Waals surface area contributed by atoms with Crippen LogP contribution in [-0.4, -0.2) is 22.8 Å². The first-order valence-electron chi connectivity index (χ1n) is 7.78. The van der Waals surface area contributed by atoms with Gasteiger partial charge in [0, 0.05) is 12.1 Å². The smallest absolute Gasteiger partial charge is 0.261 e. The van der Waals surface area contributed by atoms with Gasteiger partial charge in [0.2, 0.25) is 5.91 Å². The maximum Gasteiger partial charge on any atom is 0.261 e. The molecule has 0 aromatic carbocycles. The molecule has 1 saturated heterocycles. The molecular formula is C17H19N3O3S. The molecule has 7 heteroatoms. The van der Waals surface area contributed by atoms with Crippen LogP contribution < -0.4 is 16.2 Å². The summed E-state index contributed by atoms with van der Waals surface area (Å²) in [5.41, 5.74) is 2.26. The van der Waals surface area contributed by atoms with E-state index in [0.29, 0.717) is 12.8 Å². The molecule has 0 bridgehead atoms. The fourth-order valence-electron chi connectivity index (χ4n) is 2.86. The Morgan fingerprint density at radius 2 is 2.12 bits per heavy atom. The molecular weight excluding hydrogens is 326 g/mol.